The largest absolute Gasteiger partial charge is 0.497 e. The number of carbonyl (C=O) groups excluding carboxylic acids is 2. The average Bonchev–Trinajstić information content (AvgIpc) is 3.24. The molecule has 0 bridgehead atoms. The van der Waals surface area contributed by atoms with Gasteiger partial charge in [-0.25, -0.2) is 0 Å². The van der Waals surface area contributed by atoms with E-state index in [1.807, 2.05) is 46.2 Å². The molecule has 3 heterocycles. The van der Waals surface area contributed by atoms with E-state index in [2.05, 4.69) is 17.1 Å². The van der Waals surface area contributed by atoms with Crippen LogP contribution in [0.15, 0.2) is 48.5 Å². The number of aromatic amines is 1. The fourth-order valence-electron chi connectivity index (χ4n) is 6.12. The molecule has 1 aromatic heterocycles. The summed E-state index contributed by atoms with van der Waals surface area (Å²) < 4.78 is 5.35. The molecule has 3 aromatic rings. The van der Waals surface area contributed by atoms with Crippen LogP contribution < -0.4 is 4.74 Å². The van der Waals surface area contributed by atoms with E-state index in [-0.39, 0.29) is 30.4 Å². The van der Waals surface area contributed by atoms with Gasteiger partial charge in [-0.05, 0) is 42.2 Å². The minimum Gasteiger partial charge on any atom is -0.497 e. The number of ether oxygens (including phenoxy) is 1. The highest BCUT2D eigenvalue weighted by molar-refractivity contribution is 5.97. The zero-order valence-corrected chi connectivity index (χ0v) is 18.9. The van der Waals surface area contributed by atoms with E-state index in [1.54, 1.807) is 7.11 Å². The first-order valence-corrected chi connectivity index (χ1v) is 12.0. The Balaban J connectivity index is 1.47. The number of amides is 2. The predicted octanol–water partition coefficient (Wildman–Crippen LogP) is 4.19. The van der Waals surface area contributed by atoms with Crippen molar-refractivity contribution in [2.45, 2.75) is 56.7 Å². The van der Waals surface area contributed by atoms with Gasteiger partial charge in [-0.3, -0.25) is 9.59 Å². The number of carbonyl (C=O) groups is 2. The van der Waals surface area contributed by atoms with Gasteiger partial charge in [-0.15, -0.1) is 0 Å². The molecule has 2 atom stereocenters. The number of hydrogen-bond acceptors (Lipinski definition) is 3. The van der Waals surface area contributed by atoms with Crippen molar-refractivity contribution in [1.82, 2.24) is 14.8 Å². The lowest BCUT2D eigenvalue weighted by Gasteiger charge is -2.49. The molecule has 1 N–H and O–H groups in total. The summed E-state index contributed by atoms with van der Waals surface area (Å²) in [4.78, 5) is 34.8. The molecule has 170 valence electrons. The summed E-state index contributed by atoms with van der Waals surface area (Å²) in [5.74, 6) is 0.916. The van der Waals surface area contributed by atoms with Crippen molar-refractivity contribution in [3.8, 4) is 5.75 Å². The van der Waals surface area contributed by atoms with Crippen molar-refractivity contribution >= 4 is 22.7 Å². The number of piperazine rings is 1. The van der Waals surface area contributed by atoms with Crippen LogP contribution in [0.3, 0.4) is 0 Å². The summed E-state index contributed by atoms with van der Waals surface area (Å²) >= 11 is 0. The highest BCUT2D eigenvalue weighted by Gasteiger charge is 2.49. The Labute approximate surface area is 193 Å². The molecule has 6 heteroatoms. The SMILES string of the molecule is COc1ccc(C2c3[nH]c4ccccc4c3CC3C(=O)N(C4CCCCC4)CC(=O)N32)cc1. The van der Waals surface area contributed by atoms with Crippen LogP contribution in [0.5, 0.6) is 5.75 Å². The summed E-state index contributed by atoms with van der Waals surface area (Å²) in [7, 11) is 1.65. The molecule has 2 fully saturated rings. The lowest BCUT2D eigenvalue weighted by molar-refractivity contribution is -0.161. The van der Waals surface area contributed by atoms with Gasteiger partial charge in [-0.2, -0.15) is 0 Å². The van der Waals surface area contributed by atoms with Gasteiger partial charge in [0.25, 0.3) is 0 Å². The molecule has 3 aliphatic rings. The lowest BCUT2D eigenvalue weighted by Crippen LogP contribution is -2.64. The van der Waals surface area contributed by atoms with Crippen LogP contribution >= 0.6 is 0 Å². The topological polar surface area (TPSA) is 65.6 Å². The average molecular weight is 444 g/mol. The van der Waals surface area contributed by atoms with Crippen LogP contribution in [-0.4, -0.2) is 52.3 Å². The second-order valence-electron chi connectivity index (χ2n) is 9.52. The van der Waals surface area contributed by atoms with Crippen molar-refractivity contribution in [3.63, 3.8) is 0 Å². The van der Waals surface area contributed by atoms with Crippen LogP contribution in [0, 0.1) is 0 Å². The number of benzene rings is 2. The normalized spacial score (nSPS) is 23.5. The van der Waals surface area contributed by atoms with E-state index in [9.17, 15) is 9.59 Å². The van der Waals surface area contributed by atoms with Crippen molar-refractivity contribution in [2.24, 2.45) is 0 Å². The highest BCUT2D eigenvalue weighted by atomic mass is 16.5. The van der Waals surface area contributed by atoms with Gasteiger partial charge in [0.2, 0.25) is 11.8 Å². The van der Waals surface area contributed by atoms with Gasteiger partial charge in [0.1, 0.15) is 18.3 Å². The summed E-state index contributed by atoms with van der Waals surface area (Å²) in [6.07, 6.45) is 6.06. The molecule has 6 nitrogen and oxygen atoms in total. The van der Waals surface area contributed by atoms with Gasteiger partial charge >= 0.3 is 0 Å². The zero-order chi connectivity index (χ0) is 22.5. The standard InChI is InChI=1S/C27H29N3O3/c1-33-19-13-11-17(12-14-19)26-25-21(20-9-5-6-10-22(20)28-25)15-23-27(32)29(16-24(31)30(23)26)18-7-3-2-4-8-18/h5-6,9-14,18,23,26,28H,2-4,7-8,15-16H2,1H3. The maximum Gasteiger partial charge on any atom is 0.246 e. The molecular weight excluding hydrogens is 414 g/mol. The van der Waals surface area contributed by atoms with Gasteiger partial charge < -0.3 is 19.5 Å². The first-order valence-electron chi connectivity index (χ1n) is 12.0. The Kier molecular flexibility index (Phi) is 4.89. The molecule has 0 radical (unpaired) electrons. The molecule has 1 aliphatic carbocycles. The second-order valence-corrected chi connectivity index (χ2v) is 9.52. The van der Waals surface area contributed by atoms with Crippen LogP contribution in [0.4, 0.5) is 0 Å². The summed E-state index contributed by atoms with van der Waals surface area (Å²) in [6.45, 7) is 0.183. The number of nitrogens with zero attached hydrogens (tertiary/aromatic N) is 2. The van der Waals surface area contributed by atoms with Crippen LogP contribution in [0.25, 0.3) is 10.9 Å². The number of nitrogens with one attached hydrogen (secondary N) is 1. The molecule has 1 saturated heterocycles. The number of para-hydroxylation sites is 1. The molecule has 2 amide bonds. The van der Waals surface area contributed by atoms with E-state index in [0.29, 0.717) is 6.42 Å². The zero-order valence-electron chi connectivity index (χ0n) is 18.9. The van der Waals surface area contributed by atoms with Crippen molar-refractivity contribution in [2.75, 3.05) is 13.7 Å². The van der Waals surface area contributed by atoms with E-state index in [4.69, 9.17) is 4.74 Å². The number of aromatic nitrogens is 1. The molecule has 1 saturated carbocycles. The molecule has 33 heavy (non-hydrogen) atoms. The van der Waals surface area contributed by atoms with Crippen molar-refractivity contribution in [1.29, 1.82) is 0 Å². The summed E-state index contributed by atoms with van der Waals surface area (Å²) in [5, 5.41) is 1.14. The second kappa shape index (κ2) is 7.94. The third-order valence-corrected chi connectivity index (χ3v) is 7.74. The monoisotopic (exact) mass is 443 g/mol. The van der Waals surface area contributed by atoms with Gasteiger partial charge in [0.05, 0.1) is 13.2 Å². The molecule has 2 aromatic carbocycles. The van der Waals surface area contributed by atoms with Gasteiger partial charge in [0, 0.05) is 29.1 Å². The number of hydrogen-bond donors (Lipinski definition) is 1. The van der Waals surface area contributed by atoms with Crippen LogP contribution in [0.1, 0.15) is 55.0 Å². The Hall–Kier alpha value is -3.28. The Morgan fingerprint density at radius 1 is 0.970 bits per heavy atom. The smallest absolute Gasteiger partial charge is 0.246 e. The third-order valence-electron chi connectivity index (χ3n) is 7.74. The quantitative estimate of drug-likeness (QED) is 0.660. The molecule has 0 spiro atoms. The summed E-state index contributed by atoms with van der Waals surface area (Å²) in [6, 6.07) is 15.5. The van der Waals surface area contributed by atoms with E-state index in [0.717, 1.165) is 59.2 Å². The lowest BCUT2D eigenvalue weighted by atomic mass is 9.85. The maximum atomic E-state index is 13.9. The summed E-state index contributed by atoms with van der Waals surface area (Å²) in [5.41, 5.74) is 4.20. The first kappa shape index (κ1) is 20.3. The maximum absolute atomic E-state index is 13.9. The minimum atomic E-state index is -0.466. The fourth-order valence-corrected chi connectivity index (χ4v) is 6.12. The third kappa shape index (κ3) is 3.23. The minimum absolute atomic E-state index is 0.0373. The predicted molar refractivity (Wildman–Crippen MR) is 126 cm³/mol. The Bertz CT molecular complexity index is 1210. The van der Waals surface area contributed by atoms with E-state index in [1.165, 1.54) is 6.42 Å². The number of rotatable bonds is 3. The van der Waals surface area contributed by atoms with E-state index < -0.39 is 6.04 Å². The molecular formula is C27H29N3O3. The van der Waals surface area contributed by atoms with Crippen LogP contribution in [0.2, 0.25) is 0 Å². The van der Waals surface area contributed by atoms with Crippen molar-refractivity contribution in [3.05, 3.63) is 65.4 Å². The van der Waals surface area contributed by atoms with Gasteiger partial charge in [-0.1, -0.05) is 49.6 Å². The van der Waals surface area contributed by atoms with Crippen molar-refractivity contribution < 1.29 is 14.3 Å². The van der Waals surface area contributed by atoms with Crippen LogP contribution in [-0.2, 0) is 16.0 Å². The van der Waals surface area contributed by atoms with Gasteiger partial charge in [0.15, 0.2) is 0 Å². The Morgan fingerprint density at radius 2 is 1.73 bits per heavy atom. The Morgan fingerprint density at radius 3 is 2.48 bits per heavy atom. The van der Waals surface area contributed by atoms with E-state index >= 15 is 0 Å². The number of fused-ring (bicyclic) bond motifs is 4. The first-order chi connectivity index (χ1) is 16.2. The molecule has 2 aliphatic heterocycles. The number of H-pyrrole nitrogens is 1. The highest BCUT2D eigenvalue weighted by Crippen LogP contribution is 2.43. The molecule has 6 rings (SSSR count). The number of methoxy groups -OCH3 is 1. The fraction of sp³-hybridized carbons (Fsp3) is 0.407. The molecule has 2 unspecified atom stereocenters.